The van der Waals surface area contributed by atoms with Gasteiger partial charge in [0, 0.05) is 13.1 Å². The van der Waals surface area contributed by atoms with E-state index in [0.717, 1.165) is 5.56 Å². The molecule has 1 fully saturated rings. The lowest BCUT2D eigenvalue weighted by atomic mass is 9.99. The molecule has 1 aromatic rings. The van der Waals surface area contributed by atoms with Gasteiger partial charge in [0.15, 0.2) is 0 Å². The highest BCUT2D eigenvalue weighted by atomic mass is 35.5. The van der Waals surface area contributed by atoms with Crippen molar-refractivity contribution < 1.29 is 14.7 Å². The minimum absolute atomic E-state index is 0.0364. The monoisotopic (exact) mass is 281 g/mol. The fraction of sp³-hybridized carbons (Fsp3) is 0.429. The first kappa shape index (κ1) is 13.9. The van der Waals surface area contributed by atoms with E-state index in [1.807, 2.05) is 19.9 Å². The number of aliphatic carboxylic acids is 1. The van der Waals surface area contributed by atoms with Crippen LogP contribution in [0.25, 0.3) is 0 Å². The summed E-state index contributed by atoms with van der Waals surface area (Å²) in [4.78, 5) is 25.0. The predicted octanol–water partition coefficient (Wildman–Crippen LogP) is 2.44. The van der Waals surface area contributed by atoms with Gasteiger partial charge in [0.1, 0.15) is 0 Å². The van der Waals surface area contributed by atoms with Crippen LogP contribution in [0.5, 0.6) is 0 Å². The van der Waals surface area contributed by atoms with E-state index in [-0.39, 0.29) is 18.4 Å². The Balaban J connectivity index is 2.19. The first-order chi connectivity index (χ1) is 8.90. The van der Waals surface area contributed by atoms with Gasteiger partial charge >= 0.3 is 5.97 Å². The number of rotatable bonds is 2. The van der Waals surface area contributed by atoms with Crippen LogP contribution in [0.3, 0.4) is 0 Å². The molecule has 2 rings (SSSR count). The van der Waals surface area contributed by atoms with Gasteiger partial charge in [0.2, 0.25) is 0 Å². The number of amides is 1. The van der Waals surface area contributed by atoms with E-state index in [4.69, 9.17) is 16.7 Å². The highest BCUT2D eigenvalue weighted by Crippen LogP contribution is 2.27. The van der Waals surface area contributed by atoms with Crippen molar-refractivity contribution in [3.63, 3.8) is 0 Å². The molecule has 1 N–H and O–H groups in total. The fourth-order valence-corrected chi connectivity index (χ4v) is 2.73. The average molecular weight is 282 g/mol. The van der Waals surface area contributed by atoms with Crippen molar-refractivity contribution >= 4 is 23.5 Å². The normalized spacial score (nSPS) is 22.6. The molecule has 0 aromatic heterocycles. The number of aryl methyl sites for hydroxylation is 1. The van der Waals surface area contributed by atoms with Crippen LogP contribution < -0.4 is 0 Å². The molecule has 1 aromatic carbocycles. The Morgan fingerprint density at radius 1 is 1.37 bits per heavy atom. The zero-order valence-electron chi connectivity index (χ0n) is 10.9. The van der Waals surface area contributed by atoms with Gasteiger partial charge in [-0.05, 0) is 30.5 Å². The lowest BCUT2D eigenvalue weighted by Crippen LogP contribution is -2.30. The van der Waals surface area contributed by atoms with Gasteiger partial charge in [-0.2, -0.15) is 0 Å². The molecule has 0 radical (unpaired) electrons. The molecule has 1 aliphatic rings. The van der Waals surface area contributed by atoms with Crippen LogP contribution in [0.2, 0.25) is 5.02 Å². The summed E-state index contributed by atoms with van der Waals surface area (Å²) >= 11 is 6.07. The number of benzene rings is 1. The molecule has 5 heteroatoms. The largest absolute Gasteiger partial charge is 0.481 e. The molecule has 1 aliphatic heterocycles. The van der Waals surface area contributed by atoms with Gasteiger partial charge in [-0.25, -0.2) is 0 Å². The highest BCUT2D eigenvalue weighted by Gasteiger charge is 2.37. The fourth-order valence-electron chi connectivity index (χ4n) is 2.42. The predicted molar refractivity (Wildman–Crippen MR) is 72.4 cm³/mol. The van der Waals surface area contributed by atoms with E-state index in [2.05, 4.69) is 0 Å². The van der Waals surface area contributed by atoms with Crippen LogP contribution in [-0.2, 0) is 4.79 Å². The number of carboxylic acid groups (broad SMARTS) is 1. The Hall–Kier alpha value is -1.55. The molecule has 102 valence electrons. The van der Waals surface area contributed by atoms with Gasteiger partial charge < -0.3 is 10.0 Å². The summed E-state index contributed by atoms with van der Waals surface area (Å²) in [5.74, 6) is -1.57. The number of carbonyl (C=O) groups excluding carboxylic acids is 1. The van der Waals surface area contributed by atoms with Gasteiger partial charge in [-0.1, -0.05) is 24.6 Å². The van der Waals surface area contributed by atoms with Gasteiger partial charge in [0.05, 0.1) is 16.5 Å². The molecule has 4 nitrogen and oxygen atoms in total. The maximum Gasteiger partial charge on any atom is 0.308 e. The Bertz CT molecular complexity index is 529. The molecule has 2 unspecified atom stereocenters. The first-order valence-electron chi connectivity index (χ1n) is 6.18. The van der Waals surface area contributed by atoms with Crippen molar-refractivity contribution in [2.24, 2.45) is 11.8 Å². The van der Waals surface area contributed by atoms with Crippen molar-refractivity contribution in [1.29, 1.82) is 0 Å². The second-order valence-electron chi connectivity index (χ2n) is 5.12. The van der Waals surface area contributed by atoms with Crippen molar-refractivity contribution in [3.05, 3.63) is 34.3 Å². The lowest BCUT2D eigenvalue weighted by Gasteiger charge is -2.17. The molecule has 2 atom stereocenters. The molecule has 0 spiro atoms. The summed E-state index contributed by atoms with van der Waals surface area (Å²) in [6.07, 6.45) is 0. The van der Waals surface area contributed by atoms with Crippen molar-refractivity contribution in [3.8, 4) is 0 Å². The number of likely N-dealkylation sites (tertiary alicyclic amines) is 1. The standard InChI is InChI=1S/C14H16ClNO3/c1-8-3-4-10(12(15)5-8)13(17)16-6-9(2)11(7-16)14(18)19/h3-5,9,11H,6-7H2,1-2H3,(H,18,19). The van der Waals surface area contributed by atoms with Crippen molar-refractivity contribution in [1.82, 2.24) is 4.90 Å². The maximum absolute atomic E-state index is 12.3. The van der Waals surface area contributed by atoms with E-state index in [9.17, 15) is 9.59 Å². The van der Waals surface area contributed by atoms with Crippen LogP contribution in [0.1, 0.15) is 22.8 Å². The Kier molecular flexibility index (Phi) is 3.80. The Morgan fingerprint density at radius 3 is 2.58 bits per heavy atom. The molecule has 1 heterocycles. The molecular formula is C14H16ClNO3. The molecule has 1 amide bonds. The van der Waals surface area contributed by atoms with Crippen molar-refractivity contribution in [2.45, 2.75) is 13.8 Å². The number of halogens is 1. The van der Waals surface area contributed by atoms with E-state index in [1.165, 1.54) is 0 Å². The Labute approximate surface area is 117 Å². The molecule has 0 aliphatic carbocycles. The minimum atomic E-state index is -0.849. The third-order valence-corrected chi connectivity index (χ3v) is 3.88. The van der Waals surface area contributed by atoms with Crippen molar-refractivity contribution in [2.75, 3.05) is 13.1 Å². The molecular weight excluding hydrogens is 266 g/mol. The van der Waals surface area contributed by atoms with E-state index in [1.54, 1.807) is 17.0 Å². The van der Waals surface area contributed by atoms with E-state index < -0.39 is 11.9 Å². The second-order valence-corrected chi connectivity index (χ2v) is 5.52. The van der Waals surface area contributed by atoms with Crippen LogP contribution in [-0.4, -0.2) is 35.0 Å². The number of nitrogens with zero attached hydrogens (tertiary/aromatic N) is 1. The third kappa shape index (κ3) is 2.73. The average Bonchev–Trinajstić information content (AvgIpc) is 2.70. The minimum Gasteiger partial charge on any atom is -0.481 e. The van der Waals surface area contributed by atoms with Crippen LogP contribution in [0, 0.1) is 18.8 Å². The molecule has 0 bridgehead atoms. The van der Waals surface area contributed by atoms with Gasteiger partial charge in [-0.15, -0.1) is 0 Å². The van der Waals surface area contributed by atoms with Gasteiger partial charge in [0.25, 0.3) is 5.91 Å². The summed E-state index contributed by atoms with van der Waals surface area (Å²) in [5.41, 5.74) is 1.42. The topological polar surface area (TPSA) is 57.6 Å². The molecule has 19 heavy (non-hydrogen) atoms. The summed E-state index contributed by atoms with van der Waals surface area (Å²) in [7, 11) is 0. The maximum atomic E-state index is 12.3. The summed E-state index contributed by atoms with van der Waals surface area (Å²) in [5, 5.41) is 9.49. The Morgan fingerprint density at radius 2 is 2.05 bits per heavy atom. The summed E-state index contributed by atoms with van der Waals surface area (Å²) in [6.45, 7) is 4.46. The summed E-state index contributed by atoms with van der Waals surface area (Å²) < 4.78 is 0. The van der Waals surface area contributed by atoms with Gasteiger partial charge in [-0.3, -0.25) is 9.59 Å². The third-order valence-electron chi connectivity index (χ3n) is 3.57. The number of hydrogen-bond donors (Lipinski definition) is 1. The first-order valence-corrected chi connectivity index (χ1v) is 6.56. The highest BCUT2D eigenvalue weighted by molar-refractivity contribution is 6.33. The zero-order chi connectivity index (χ0) is 14.2. The zero-order valence-corrected chi connectivity index (χ0v) is 11.6. The quantitative estimate of drug-likeness (QED) is 0.906. The molecule has 0 saturated carbocycles. The SMILES string of the molecule is Cc1ccc(C(=O)N2CC(C)C(C(=O)O)C2)c(Cl)c1. The molecule has 1 saturated heterocycles. The van der Waals surface area contributed by atoms with Crippen LogP contribution in [0.4, 0.5) is 0 Å². The number of hydrogen-bond acceptors (Lipinski definition) is 2. The van der Waals surface area contributed by atoms with Crippen LogP contribution >= 0.6 is 11.6 Å². The lowest BCUT2D eigenvalue weighted by molar-refractivity contribution is -0.142. The summed E-state index contributed by atoms with van der Waals surface area (Å²) in [6, 6.07) is 5.26. The number of carboxylic acids is 1. The van der Waals surface area contributed by atoms with E-state index in [0.29, 0.717) is 17.1 Å². The number of carbonyl (C=O) groups is 2. The smallest absolute Gasteiger partial charge is 0.308 e. The van der Waals surface area contributed by atoms with E-state index >= 15 is 0 Å². The van der Waals surface area contributed by atoms with Crippen LogP contribution in [0.15, 0.2) is 18.2 Å². The second kappa shape index (κ2) is 5.21.